The molecule has 1 aromatic heterocycles. The molecule has 0 fully saturated rings. The highest BCUT2D eigenvalue weighted by atomic mass is 15.1. The fraction of sp³-hybridized carbons (Fsp3) is 0.885. The largest absolute Gasteiger partial charge is 0.256 e. The number of imidazole rings is 1. The van der Waals surface area contributed by atoms with Crippen LogP contribution < -0.4 is 4.57 Å². The summed E-state index contributed by atoms with van der Waals surface area (Å²) in [6, 6.07) is 0. The second kappa shape index (κ2) is 18.3. The summed E-state index contributed by atoms with van der Waals surface area (Å²) < 4.78 is 4.83. The van der Waals surface area contributed by atoms with Gasteiger partial charge in [0.2, 0.25) is 0 Å². The van der Waals surface area contributed by atoms with E-state index in [2.05, 4.69) is 42.3 Å². The Kier molecular flexibility index (Phi) is 16.5. The standard InChI is InChI=1S/C26H51N2/c1-4-7-8-9-10-11-12-13-14-15-16-17-18-19-20-21-22-23-26-27(5-2)24-25-28(26)6-3/h24-25H,4-23H2,1-3H3/q+1. The van der Waals surface area contributed by atoms with Crippen molar-refractivity contribution in [1.29, 1.82) is 0 Å². The first-order chi connectivity index (χ1) is 13.8. The molecule has 0 unspecified atom stereocenters. The summed E-state index contributed by atoms with van der Waals surface area (Å²) in [6.45, 7) is 8.99. The summed E-state index contributed by atoms with van der Waals surface area (Å²) in [7, 11) is 0. The lowest BCUT2D eigenvalue weighted by molar-refractivity contribution is -0.700. The van der Waals surface area contributed by atoms with E-state index in [9.17, 15) is 0 Å². The molecule has 0 saturated heterocycles. The van der Waals surface area contributed by atoms with Crippen molar-refractivity contribution < 1.29 is 4.57 Å². The van der Waals surface area contributed by atoms with Crippen molar-refractivity contribution in [3.8, 4) is 0 Å². The lowest BCUT2D eigenvalue weighted by atomic mass is 10.0. The minimum absolute atomic E-state index is 1.10. The van der Waals surface area contributed by atoms with Gasteiger partial charge in [0.05, 0.1) is 13.1 Å². The predicted octanol–water partition coefficient (Wildman–Crippen LogP) is 8.01. The number of unbranched alkanes of at least 4 members (excludes halogenated alkanes) is 16. The molecule has 0 saturated carbocycles. The molecule has 0 aliphatic heterocycles. The Labute approximate surface area is 177 Å². The number of hydrogen-bond acceptors (Lipinski definition) is 0. The zero-order chi connectivity index (χ0) is 20.3. The van der Waals surface area contributed by atoms with E-state index in [1.807, 2.05) is 0 Å². The maximum Gasteiger partial charge on any atom is 0.256 e. The van der Waals surface area contributed by atoms with Crippen LogP contribution in [-0.4, -0.2) is 4.57 Å². The molecule has 28 heavy (non-hydrogen) atoms. The Morgan fingerprint density at radius 2 is 1.04 bits per heavy atom. The molecular formula is C26H51N2+. The van der Waals surface area contributed by atoms with Gasteiger partial charge in [-0.05, 0) is 20.3 Å². The third-order valence-corrected chi connectivity index (χ3v) is 6.27. The van der Waals surface area contributed by atoms with Crippen molar-refractivity contribution in [2.75, 3.05) is 0 Å². The van der Waals surface area contributed by atoms with Crippen LogP contribution in [0.15, 0.2) is 12.4 Å². The first kappa shape index (κ1) is 25.2. The number of aryl methyl sites for hydroxylation is 2. The molecule has 2 heteroatoms. The van der Waals surface area contributed by atoms with Gasteiger partial charge in [0.15, 0.2) is 0 Å². The van der Waals surface area contributed by atoms with Crippen molar-refractivity contribution in [1.82, 2.24) is 4.57 Å². The van der Waals surface area contributed by atoms with Crippen LogP contribution in [0.2, 0.25) is 0 Å². The molecule has 0 aliphatic carbocycles. The summed E-state index contributed by atoms with van der Waals surface area (Å²) in [5.74, 6) is 1.52. The summed E-state index contributed by atoms with van der Waals surface area (Å²) in [5.41, 5.74) is 0. The van der Waals surface area contributed by atoms with Gasteiger partial charge >= 0.3 is 0 Å². The van der Waals surface area contributed by atoms with E-state index in [1.165, 1.54) is 121 Å². The molecule has 0 amide bonds. The Bertz CT molecular complexity index is 428. The minimum Gasteiger partial charge on any atom is -0.235 e. The first-order valence-electron chi connectivity index (χ1n) is 12.9. The highest BCUT2D eigenvalue weighted by molar-refractivity contribution is 4.83. The van der Waals surface area contributed by atoms with Crippen LogP contribution in [0.3, 0.4) is 0 Å². The molecule has 2 nitrogen and oxygen atoms in total. The highest BCUT2D eigenvalue weighted by Crippen LogP contribution is 2.14. The van der Waals surface area contributed by atoms with E-state index in [0.29, 0.717) is 0 Å². The van der Waals surface area contributed by atoms with Gasteiger partial charge in [-0.1, -0.05) is 110 Å². The molecule has 0 aliphatic rings. The van der Waals surface area contributed by atoms with Gasteiger partial charge < -0.3 is 0 Å². The van der Waals surface area contributed by atoms with Crippen LogP contribution in [0.5, 0.6) is 0 Å². The van der Waals surface area contributed by atoms with E-state index >= 15 is 0 Å². The van der Waals surface area contributed by atoms with E-state index in [0.717, 1.165) is 13.1 Å². The predicted molar refractivity (Wildman–Crippen MR) is 124 cm³/mol. The topological polar surface area (TPSA) is 8.81 Å². The SMILES string of the molecule is CCCCCCCCCCCCCCCCCCCc1n(CC)cc[n+]1CC. The van der Waals surface area contributed by atoms with Crippen LogP contribution in [0.1, 0.15) is 136 Å². The Balaban J connectivity index is 1.83. The third kappa shape index (κ3) is 11.9. The highest BCUT2D eigenvalue weighted by Gasteiger charge is 2.13. The maximum atomic E-state index is 2.41. The van der Waals surface area contributed by atoms with Crippen LogP contribution in [0.25, 0.3) is 0 Å². The average Bonchev–Trinajstić information content (AvgIpc) is 3.12. The molecule has 1 heterocycles. The molecule has 0 radical (unpaired) electrons. The smallest absolute Gasteiger partial charge is 0.235 e. The third-order valence-electron chi connectivity index (χ3n) is 6.27. The number of nitrogens with zero attached hydrogens (tertiary/aromatic N) is 2. The van der Waals surface area contributed by atoms with Crippen LogP contribution in [0.4, 0.5) is 0 Å². The Morgan fingerprint density at radius 3 is 1.43 bits per heavy atom. The molecule has 0 N–H and O–H groups in total. The fourth-order valence-electron chi connectivity index (χ4n) is 4.37. The summed E-state index contributed by atoms with van der Waals surface area (Å²) >= 11 is 0. The molecule has 0 aromatic carbocycles. The van der Waals surface area contributed by atoms with Crippen molar-refractivity contribution in [3.63, 3.8) is 0 Å². The summed E-state index contributed by atoms with van der Waals surface area (Å²) in [4.78, 5) is 0. The molecular weight excluding hydrogens is 340 g/mol. The van der Waals surface area contributed by atoms with Gasteiger partial charge in [-0.3, -0.25) is 0 Å². The average molecular weight is 392 g/mol. The van der Waals surface area contributed by atoms with Crippen molar-refractivity contribution >= 4 is 0 Å². The minimum atomic E-state index is 1.10. The molecule has 164 valence electrons. The lowest BCUT2D eigenvalue weighted by Crippen LogP contribution is -2.35. The zero-order valence-electron chi connectivity index (χ0n) is 19.7. The molecule has 0 atom stereocenters. The van der Waals surface area contributed by atoms with Crippen molar-refractivity contribution in [2.45, 2.75) is 149 Å². The van der Waals surface area contributed by atoms with Crippen LogP contribution >= 0.6 is 0 Å². The summed E-state index contributed by atoms with van der Waals surface area (Å²) in [5, 5.41) is 0. The van der Waals surface area contributed by atoms with Crippen LogP contribution in [-0.2, 0) is 19.5 Å². The normalized spacial score (nSPS) is 11.4. The molecule has 0 spiro atoms. The van der Waals surface area contributed by atoms with Gasteiger partial charge in [-0.2, -0.15) is 0 Å². The van der Waals surface area contributed by atoms with E-state index < -0.39 is 0 Å². The van der Waals surface area contributed by atoms with Gasteiger partial charge in [-0.15, -0.1) is 0 Å². The van der Waals surface area contributed by atoms with Crippen LogP contribution in [0, 0.1) is 0 Å². The first-order valence-corrected chi connectivity index (χ1v) is 12.9. The van der Waals surface area contributed by atoms with Gasteiger partial charge in [-0.25, -0.2) is 9.13 Å². The number of rotatable bonds is 20. The van der Waals surface area contributed by atoms with Gasteiger partial charge in [0.1, 0.15) is 12.4 Å². The van der Waals surface area contributed by atoms with Crippen molar-refractivity contribution in [2.24, 2.45) is 0 Å². The second-order valence-corrected chi connectivity index (χ2v) is 8.69. The van der Waals surface area contributed by atoms with E-state index in [4.69, 9.17) is 0 Å². The monoisotopic (exact) mass is 391 g/mol. The fourth-order valence-corrected chi connectivity index (χ4v) is 4.37. The van der Waals surface area contributed by atoms with E-state index in [-0.39, 0.29) is 0 Å². The Hall–Kier alpha value is -0.790. The Morgan fingerprint density at radius 1 is 0.607 bits per heavy atom. The van der Waals surface area contributed by atoms with E-state index in [1.54, 1.807) is 0 Å². The number of aromatic nitrogens is 2. The number of hydrogen-bond donors (Lipinski definition) is 0. The van der Waals surface area contributed by atoms with Gasteiger partial charge in [0.25, 0.3) is 5.82 Å². The quantitative estimate of drug-likeness (QED) is 0.157. The lowest BCUT2D eigenvalue weighted by Gasteiger charge is -2.04. The van der Waals surface area contributed by atoms with Crippen molar-refractivity contribution in [3.05, 3.63) is 18.2 Å². The maximum absolute atomic E-state index is 2.41. The summed E-state index contributed by atoms with van der Waals surface area (Å²) in [6.07, 6.45) is 30.3. The molecule has 0 bridgehead atoms. The second-order valence-electron chi connectivity index (χ2n) is 8.69. The molecule has 1 rings (SSSR count). The molecule has 1 aromatic rings. The van der Waals surface area contributed by atoms with Gasteiger partial charge in [0, 0.05) is 6.42 Å². The zero-order valence-corrected chi connectivity index (χ0v) is 19.7.